The van der Waals surface area contributed by atoms with E-state index in [1.165, 1.54) is 5.56 Å². The Bertz CT molecular complexity index is 510. The molecule has 0 aliphatic carbocycles. The third-order valence-electron chi connectivity index (χ3n) is 3.23. The molecule has 1 N–H and O–H groups in total. The average Bonchev–Trinajstić information content (AvgIpc) is 2.94. The van der Waals surface area contributed by atoms with Gasteiger partial charge >= 0.3 is 0 Å². The minimum atomic E-state index is 0.792. The van der Waals surface area contributed by atoms with Gasteiger partial charge < -0.3 is 10.2 Å². The van der Waals surface area contributed by atoms with Crippen LogP contribution in [0.1, 0.15) is 24.6 Å². The standard InChI is InChI=1S/C15H24N6/c1-3-6-17-11-15-13-21(19-18-15)10-9-20(2)12-14-4-7-16-8-5-14/h4-5,7-8,13,17H,3,6,9-12H2,1-2H3. The number of hydrogen-bond acceptors (Lipinski definition) is 5. The Morgan fingerprint density at radius 2 is 2.10 bits per heavy atom. The fourth-order valence-electron chi connectivity index (χ4n) is 2.07. The third-order valence-corrected chi connectivity index (χ3v) is 3.23. The van der Waals surface area contributed by atoms with Crippen molar-refractivity contribution in [3.63, 3.8) is 0 Å². The molecule has 0 fully saturated rings. The summed E-state index contributed by atoms with van der Waals surface area (Å²) in [5.41, 5.74) is 2.27. The third kappa shape index (κ3) is 5.61. The first-order valence-corrected chi connectivity index (χ1v) is 7.45. The number of nitrogens with zero attached hydrogens (tertiary/aromatic N) is 5. The predicted octanol–water partition coefficient (Wildman–Crippen LogP) is 1.30. The van der Waals surface area contributed by atoms with Gasteiger partial charge in [-0.2, -0.15) is 0 Å². The van der Waals surface area contributed by atoms with Gasteiger partial charge in [0.05, 0.1) is 12.2 Å². The highest BCUT2D eigenvalue weighted by Crippen LogP contribution is 2.01. The van der Waals surface area contributed by atoms with E-state index < -0.39 is 0 Å². The molecule has 0 atom stereocenters. The van der Waals surface area contributed by atoms with Gasteiger partial charge in [-0.15, -0.1) is 5.10 Å². The van der Waals surface area contributed by atoms with Crippen LogP contribution < -0.4 is 5.32 Å². The molecule has 0 amide bonds. The summed E-state index contributed by atoms with van der Waals surface area (Å²) in [4.78, 5) is 6.30. The van der Waals surface area contributed by atoms with Gasteiger partial charge in [-0.1, -0.05) is 12.1 Å². The first-order valence-electron chi connectivity index (χ1n) is 7.45. The summed E-state index contributed by atoms with van der Waals surface area (Å²) in [6, 6.07) is 4.09. The molecule has 2 heterocycles. The molecule has 21 heavy (non-hydrogen) atoms. The Morgan fingerprint density at radius 3 is 2.86 bits per heavy atom. The predicted molar refractivity (Wildman–Crippen MR) is 82.6 cm³/mol. The molecule has 2 aromatic rings. The van der Waals surface area contributed by atoms with E-state index in [1.807, 2.05) is 35.4 Å². The van der Waals surface area contributed by atoms with Crippen LogP contribution in [0.3, 0.4) is 0 Å². The van der Waals surface area contributed by atoms with Gasteiger partial charge in [0, 0.05) is 38.2 Å². The minimum Gasteiger partial charge on any atom is -0.311 e. The normalized spacial score (nSPS) is 11.2. The van der Waals surface area contributed by atoms with Crippen LogP contribution in [0.15, 0.2) is 30.7 Å². The monoisotopic (exact) mass is 288 g/mol. The highest BCUT2D eigenvalue weighted by Gasteiger charge is 2.03. The fraction of sp³-hybridized carbons (Fsp3) is 0.533. The van der Waals surface area contributed by atoms with Crippen molar-refractivity contribution in [2.24, 2.45) is 0 Å². The van der Waals surface area contributed by atoms with Crippen molar-refractivity contribution in [1.29, 1.82) is 0 Å². The number of nitrogens with one attached hydrogen (secondary N) is 1. The van der Waals surface area contributed by atoms with Crippen LogP contribution in [0.5, 0.6) is 0 Å². The number of likely N-dealkylation sites (N-methyl/N-ethyl adjacent to an activating group) is 1. The van der Waals surface area contributed by atoms with Crippen molar-refractivity contribution in [1.82, 2.24) is 30.2 Å². The smallest absolute Gasteiger partial charge is 0.0964 e. The summed E-state index contributed by atoms with van der Waals surface area (Å²) < 4.78 is 1.91. The summed E-state index contributed by atoms with van der Waals surface area (Å²) in [5.74, 6) is 0. The van der Waals surface area contributed by atoms with Crippen LogP contribution in [0, 0.1) is 0 Å². The van der Waals surface area contributed by atoms with E-state index >= 15 is 0 Å². The Labute approximate surface area is 126 Å². The molecule has 2 aromatic heterocycles. The maximum Gasteiger partial charge on any atom is 0.0964 e. The van der Waals surface area contributed by atoms with E-state index in [0.29, 0.717) is 0 Å². The molecule has 0 bridgehead atoms. The second-order valence-corrected chi connectivity index (χ2v) is 5.24. The van der Waals surface area contributed by atoms with E-state index in [9.17, 15) is 0 Å². The van der Waals surface area contributed by atoms with Gasteiger partial charge in [0.15, 0.2) is 0 Å². The SMILES string of the molecule is CCCNCc1cn(CCN(C)Cc2ccncc2)nn1. The van der Waals surface area contributed by atoms with E-state index in [1.54, 1.807) is 0 Å². The lowest BCUT2D eigenvalue weighted by atomic mass is 10.2. The molecule has 0 saturated carbocycles. The highest BCUT2D eigenvalue weighted by molar-refractivity contribution is 5.09. The molecule has 2 rings (SSSR count). The summed E-state index contributed by atoms with van der Waals surface area (Å²) in [5, 5.41) is 11.7. The molecule has 0 aliphatic rings. The Kier molecular flexibility index (Phi) is 6.30. The Hall–Kier alpha value is -1.79. The molecule has 0 aliphatic heterocycles. The summed E-state index contributed by atoms with van der Waals surface area (Å²) in [6.07, 6.45) is 6.81. The Morgan fingerprint density at radius 1 is 1.29 bits per heavy atom. The molecule has 6 nitrogen and oxygen atoms in total. The van der Waals surface area contributed by atoms with Gasteiger partial charge in [0.1, 0.15) is 0 Å². The molecular weight excluding hydrogens is 264 g/mol. The molecule has 6 heteroatoms. The highest BCUT2D eigenvalue weighted by atomic mass is 15.4. The second kappa shape index (κ2) is 8.49. The van der Waals surface area contributed by atoms with Crippen LogP contribution >= 0.6 is 0 Å². The maximum absolute atomic E-state index is 4.17. The first kappa shape index (κ1) is 15.6. The number of aromatic nitrogens is 4. The maximum atomic E-state index is 4.17. The fourth-order valence-corrected chi connectivity index (χ4v) is 2.07. The van der Waals surface area contributed by atoms with E-state index in [2.05, 4.69) is 39.5 Å². The van der Waals surface area contributed by atoms with Crippen LogP contribution in [-0.4, -0.2) is 45.0 Å². The van der Waals surface area contributed by atoms with Gasteiger partial charge in [-0.05, 0) is 37.7 Å². The lowest BCUT2D eigenvalue weighted by Gasteiger charge is -2.16. The summed E-state index contributed by atoms with van der Waals surface area (Å²) in [7, 11) is 2.11. The number of pyridine rings is 1. The zero-order valence-corrected chi connectivity index (χ0v) is 12.9. The van der Waals surface area contributed by atoms with Crippen molar-refractivity contribution >= 4 is 0 Å². The van der Waals surface area contributed by atoms with E-state index in [-0.39, 0.29) is 0 Å². The molecule has 0 spiro atoms. The minimum absolute atomic E-state index is 0.792. The number of hydrogen-bond donors (Lipinski definition) is 1. The van der Waals surface area contributed by atoms with Crippen LogP contribution in [0.4, 0.5) is 0 Å². The van der Waals surface area contributed by atoms with Crippen LogP contribution in [-0.2, 0) is 19.6 Å². The molecule has 0 saturated heterocycles. The molecule has 114 valence electrons. The van der Waals surface area contributed by atoms with Gasteiger partial charge in [-0.25, -0.2) is 0 Å². The zero-order valence-electron chi connectivity index (χ0n) is 12.9. The van der Waals surface area contributed by atoms with Crippen LogP contribution in [0.2, 0.25) is 0 Å². The quantitative estimate of drug-likeness (QED) is 0.705. The lowest BCUT2D eigenvalue weighted by Crippen LogP contribution is -2.23. The number of rotatable bonds is 9. The van der Waals surface area contributed by atoms with Crippen molar-refractivity contribution in [3.05, 3.63) is 42.0 Å². The first-order chi connectivity index (χ1) is 10.3. The Balaban J connectivity index is 1.72. The van der Waals surface area contributed by atoms with Crippen molar-refractivity contribution in [3.8, 4) is 0 Å². The van der Waals surface area contributed by atoms with Gasteiger partial charge in [-0.3, -0.25) is 9.67 Å². The van der Waals surface area contributed by atoms with Gasteiger partial charge in [0.2, 0.25) is 0 Å². The second-order valence-electron chi connectivity index (χ2n) is 5.24. The molecule has 0 aromatic carbocycles. The van der Waals surface area contributed by atoms with Crippen molar-refractivity contribution < 1.29 is 0 Å². The summed E-state index contributed by atoms with van der Waals surface area (Å²) in [6.45, 7) is 6.67. The van der Waals surface area contributed by atoms with E-state index in [4.69, 9.17) is 0 Å². The molecule has 0 radical (unpaired) electrons. The van der Waals surface area contributed by atoms with Crippen molar-refractivity contribution in [2.75, 3.05) is 20.1 Å². The summed E-state index contributed by atoms with van der Waals surface area (Å²) >= 11 is 0. The van der Waals surface area contributed by atoms with Gasteiger partial charge in [0.25, 0.3) is 0 Å². The molecular formula is C15H24N6. The van der Waals surface area contributed by atoms with Crippen molar-refractivity contribution in [2.45, 2.75) is 33.0 Å². The topological polar surface area (TPSA) is 58.9 Å². The van der Waals surface area contributed by atoms with Crippen LogP contribution in [0.25, 0.3) is 0 Å². The van der Waals surface area contributed by atoms with E-state index in [0.717, 1.165) is 44.8 Å². The molecule has 0 unspecified atom stereocenters. The zero-order chi connectivity index (χ0) is 14.9. The lowest BCUT2D eigenvalue weighted by molar-refractivity contribution is 0.303. The average molecular weight is 288 g/mol. The largest absolute Gasteiger partial charge is 0.311 e.